The summed E-state index contributed by atoms with van der Waals surface area (Å²) in [5.74, 6) is 1.01. The van der Waals surface area contributed by atoms with E-state index in [2.05, 4.69) is 5.32 Å². The normalized spacial score (nSPS) is 12.7. The lowest BCUT2D eigenvalue weighted by Gasteiger charge is -2.29. The Kier molecular flexibility index (Phi) is 10.5. The molecule has 0 heterocycles. The van der Waals surface area contributed by atoms with E-state index in [1.807, 2.05) is 62.4 Å². The van der Waals surface area contributed by atoms with Gasteiger partial charge in [-0.3, -0.25) is 9.59 Å². The summed E-state index contributed by atoms with van der Waals surface area (Å²) in [5.41, 5.74) is 0. The van der Waals surface area contributed by atoms with Gasteiger partial charge < -0.3 is 24.4 Å². The summed E-state index contributed by atoms with van der Waals surface area (Å²) in [6.45, 7) is 8.90. The molecule has 0 radical (unpaired) electrons. The first kappa shape index (κ1) is 25.2. The van der Waals surface area contributed by atoms with Crippen LogP contribution in [0.1, 0.15) is 27.7 Å². The van der Waals surface area contributed by atoms with Crippen LogP contribution in [-0.4, -0.2) is 61.3 Å². The average molecular weight is 443 g/mol. The second-order valence-electron chi connectivity index (χ2n) is 7.68. The summed E-state index contributed by atoms with van der Waals surface area (Å²) in [4.78, 5) is 26.7. The van der Waals surface area contributed by atoms with Gasteiger partial charge in [0.15, 0.2) is 12.2 Å². The highest BCUT2D eigenvalue weighted by molar-refractivity contribution is 5.81. The minimum atomic E-state index is -0.599. The predicted molar refractivity (Wildman–Crippen MR) is 124 cm³/mol. The monoisotopic (exact) mass is 442 g/mol. The van der Waals surface area contributed by atoms with Crippen LogP contribution in [0.5, 0.6) is 11.5 Å². The van der Waals surface area contributed by atoms with Crippen LogP contribution in [0.2, 0.25) is 0 Å². The van der Waals surface area contributed by atoms with E-state index in [1.54, 1.807) is 30.9 Å². The number of rotatable bonds is 13. The summed E-state index contributed by atoms with van der Waals surface area (Å²) in [6.07, 6.45) is -1.19. The largest absolute Gasteiger partial charge is 0.481 e. The van der Waals surface area contributed by atoms with Crippen LogP contribution in [0, 0.1) is 0 Å². The van der Waals surface area contributed by atoms with Crippen LogP contribution in [0.3, 0.4) is 0 Å². The standard InChI is InChI=1S/C25H34N2O5/c1-19(2)27(25(29)21(4)32-23-13-9-6-10-14-23)16-18-30-17-15-26-24(28)20(3)31-22-11-7-5-8-12-22/h5-14,19-21H,15-18H2,1-4H3,(H,26,28)/t20-,21+/m1/s1. The fourth-order valence-corrected chi connectivity index (χ4v) is 3.02. The summed E-state index contributed by atoms with van der Waals surface area (Å²) in [6, 6.07) is 18.5. The molecule has 2 atom stereocenters. The molecule has 7 nitrogen and oxygen atoms in total. The molecular weight excluding hydrogens is 408 g/mol. The van der Waals surface area contributed by atoms with Crippen molar-refractivity contribution >= 4 is 11.8 Å². The lowest BCUT2D eigenvalue weighted by molar-refractivity contribution is -0.140. The van der Waals surface area contributed by atoms with E-state index in [4.69, 9.17) is 14.2 Å². The topological polar surface area (TPSA) is 77.1 Å². The number of carbonyl (C=O) groups excluding carboxylic acids is 2. The number of nitrogens with one attached hydrogen (secondary N) is 1. The molecule has 2 rings (SSSR count). The van der Waals surface area contributed by atoms with Crippen LogP contribution in [-0.2, 0) is 14.3 Å². The van der Waals surface area contributed by atoms with Gasteiger partial charge in [-0.15, -0.1) is 0 Å². The molecule has 2 aromatic carbocycles. The van der Waals surface area contributed by atoms with E-state index < -0.39 is 12.2 Å². The molecule has 2 aromatic rings. The van der Waals surface area contributed by atoms with Crippen molar-refractivity contribution < 1.29 is 23.8 Å². The van der Waals surface area contributed by atoms with Gasteiger partial charge in [0.05, 0.1) is 13.2 Å². The molecule has 0 fully saturated rings. The lowest BCUT2D eigenvalue weighted by atomic mass is 10.2. The van der Waals surface area contributed by atoms with Crippen molar-refractivity contribution in [3.8, 4) is 11.5 Å². The second kappa shape index (κ2) is 13.4. The Morgan fingerprint density at radius 2 is 1.34 bits per heavy atom. The molecule has 32 heavy (non-hydrogen) atoms. The first-order valence-electron chi connectivity index (χ1n) is 11.0. The van der Waals surface area contributed by atoms with Crippen LogP contribution >= 0.6 is 0 Å². The maximum atomic E-state index is 12.8. The third kappa shape index (κ3) is 8.59. The van der Waals surface area contributed by atoms with Crippen molar-refractivity contribution in [3.05, 3.63) is 60.7 Å². The third-order valence-corrected chi connectivity index (χ3v) is 4.76. The first-order chi connectivity index (χ1) is 15.4. The summed E-state index contributed by atoms with van der Waals surface area (Å²) >= 11 is 0. The van der Waals surface area contributed by atoms with Gasteiger partial charge in [-0.1, -0.05) is 36.4 Å². The van der Waals surface area contributed by atoms with Crippen molar-refractivity contribution in [1.29, 1.82) is 0 Å². The van der Waals surface area contributed by atoms with Gasteiger partial charge >= 0.3 is 0 Å². The number of hydrogen-bond donors (Lipinski definition) is 1. The molecule has 7 heteroatoms. The van der Waals surface area contributed by atoms with E-state index in [9.17, 15) is 9.59 Å². The molecule has 174 valence electrons. The SMILES string of the molecule is CC(C)N(CCOCCNC(=O)[C@@H](C)Oc1ccccc1)C(=O)[C@H](C)Oc1ccccc1. The first-order valence-corrected chi connectivity index (χ1v) is 11.0. The van der Waals surface area contributed by atoms with Gasteiger partial charge in [0.1, 0.15) is 11.5 Å². The van der Waals surface area contributed by atoms with Gasteiger partial charge in [0.25, 0.3) is 11.8 Å². The van der Waals surface area contributed by atoms with Gasteiger partial charge in [-0.2, -0.15) is 0 Å². The highest BCUT2D eigenvalue weighted by Crippen LogP contribution is 2.13. The van der Waals surface area contributed by atoms with Gasteiger partial charge in [-0.05, 0) is 52.0 Å². The lowest BCUT2D eigenvalue weighted by Crippen LogP contribution is -2.46. The quantitative estimate of drug-likeness (QED) is 0.482. The van der Waals surface area contributed by atoms with E-state index in [1.165, 1.54) is 0 Å². The van der Waals surface area contributed by atoms with E-state index >= 15 is 0 Å². The molecule has 0 saturated carbocycles. The van der Waals surface area contributed by atoms with Gasteiger partial charge in [0, 0.05) is 19.1 Å². The Bertz CT molecular complexity index is 814. The summed E-state index contributed by atoms with van der Waals surface area (Å²) in [7, 11) is 0. The highest BCUT2D eigenvalue weighted by atomic mass is 16.5. The van der Waals surface area contributed by atoms with E-state index in [-0.39, 0.29) is 17.9 Å². The minimum Gasteiger partial charge on any atom is -0.481 e. The Labute approximate surface area is 190 Å². The van der Waals surface area contributed by atoms with Crippen molar-refractivity contribution in [1.82, 2.24) is 10.2 Å². The molecule has 0 spiro atoms. The zero-order valence-corrected chi connectivity index (χ0v) is 19.3. The summed E-state index contributed by atoms with van der Waals surface area (Å²) in [5, 5.41) is 2.79. The molecule has 0 bridgehead atoms. The smallest absolute Gasteiger partial charge is 0.263 e. The van der Waals surface area contributed by atoms with Crippen molar-refractivity contribution in [2.45, 2.75) is 45.9 Å². The Balaban J connectivity index is 1.66. The fraction of sp³-hybridized carbons (Fsp3) is 0.440. The molecule has 1 N–H and O–H groups in total. The molecule has 2 amide bonds. The maximum absolute atomic E-state index is 12.8. The minimum absolute atomic E-state index is 0.0172. The molecule has 0 unspecified atom stereocenters. The number of hydrogen-bond acceptors (Lipinski definition) is 5. The second-order valence-corrected chi connectivity index (χ2v) is 7.68. The van der Waals surface area contributed by atoms with Crippen LogP contribution < -0.4 is 14.8 Å². The molecule has 0 aliphatic carbocycles. The average Bonchev–Trinajstić information content (AvgIpc) is 2.79. The Morgan fingerprint density at radius 3 is 1.88 bits per heavy atom. The van der Waals surface area contributed by atoms with Crippen LogP contribution in [0.25, 0.3) is 0 Å². The van der Waals surface area contributed by atoms with Gasteiger partial charge in [-0.25, -0.2) is 0 Å². The van der Waals surface area contributed by atoms with Crippen molar-refractivity contribution in [2.75, 3.05) is 26.3 Å². The fourth-order valence-electron chi connectivity index (χ4n) is 3.02. The molecule has 0 aliphatic heterocycles. The van der Waals surface area contributed by atoms with E-state index in [0.29, 0.717) is 37.8 Å². The Hall–Kier alpha value is -3.06. The van der Waals surface area contributed by atoms with Crippen molar-refractivity contribution in [2.24, 2.45) is 0 Å². The van der Waals surface area contributed by atoms with Gasteiger partial charge in [0.2, 0.25) is 0 Å². The number of para-hydroxylation sites is 2. The van der Waals surface area contributed by atoms with Crippen LogP contribution in [0.4, 0.5) is 0 Å². The predicted octanol–water partition coefficient (Wildman–Crippen LogP) is 3.29. The number of ether oxygens (including phenoxy) is 3. The zero-order chi connectivity index (χ0) is 23.3. The molecule has 0 aliphatic rings. The summed E-state index contributed by atoms with van der Waals surface area (Å²) < 4.78 is 17.0. The number of carbonyl (C=O) groups is 2. The third-order valence-electron chi connectivity index (χ3n) is 4.76. The molecule has 0 aromatic heterocycles. The van der Waals surface area contributed by atoms with E-state index in [0.717, 1.165) is 0 Å². The van der Waals surface area contributed by atoms with Crippen LogP contribution in [0.15, 0.2) is 60.7 Å². The number of benzene rings is 2. The molecule has 0 saturated heterocycles. The number of amides is 2. The number of nitrogens with zero attached hydrogens (tertiary/aromatic N) is 1. The Morgan fingerprint density at radius 1 is 0.812 bits per heavy atom. The maximum Gasteiger partial charge on any atom is 0.263 e. The molecular formula is C25H34N2O5. The zero-order valence-electron chi connectivity index (χ0n) is 19.3. The highest BCUT2D eigenvalue weighted by Gasteiger charge is 2.24. The van der Waals surface area contributed by atoms with Crippen molar-refractivity contribution in [3.63, 3.8) is 0 Å².